The largest absolute Gasteiger partial charge is 0.496 e. The predicted octanol–water partition coefficient (Wildman–Crippen LogP) is 5.00. The Bertz CT molecular complexity index is 546. The first-order valence-electron chi connectivity index (χ1n) is 7.66. The first kappa shape index (κ1) is 18.0. The Morgan fingerprint density at radius 2 is 1.91 bits per heavy atom. The molecule has 0 radical (unpaired) electrons. The fourth-order valence-electron chi connectivity index (χ4n) is 3.33. The highest BCUT2D eigenvalue weighted by Gasteiger charge is 2.58. The van der Waals surface area contributed by atoms with Gasteiger partial charge in [0.25, 0.3) is 0 Å². The molecule has 0 N–H and O–H groups in total. The van der Waals surface area contributed by atoms with E-state index in [9.17, 15) is 17.6 Å². The highest BCUT2D eigenvalue weighted by molar-refractivity contribution is 5.39. The van der Waals surface area contributed by atoms with E-state index in [1.165, 1.54) is 25.3 Å². The molecule has 1 aliphatic heterocycles. The van der Waals surface area contributed by atoms with Crippen LogP contribution in [0.5, 0.6) is 5.75 Å². The van der Waals surface area contributed by atoms with Crippen LogP contribution in [0.1, 0.15) is 45.1 Å². The summed E-state index contributed by atoms with van der Waals surface area (Å²) in [6.45, 7) is 3.42. The fraction of sp³-hybridized carbons (Fsp3) is 0.647. The van der Waals surface area contributed by atoms with Crippen molar-refractivity contribution >= 4 is 0 Å². The van der Waals surface area contributed by atoms with Crippen molar-refractivity contribution in [3.8, 4) is 5.75 Å². The SMILES string of the molecule is COc1ccc(F)cc1C(C)(C)CC1(C(F)(F)F)CCCCO1. The number of hydrogen-bond donors (Lipinski definition) is 0. The van der Waals surface area contributed by atoms with Crippen LogP contribution in [-0.4, -0.2) is 25.5 Å². The molecule has 0 amide bonds. The third-order valence-electron chi connectivity index (χ3n) is 4.49. The molecule has 6 heteroatoms. The Balaban J connectivity index is 2.40. The maximum absolute atomic E-state index is 13.7. The van der Waals surface area contributed by atoms with E-state index in [0.29, 0.717) is 24.2 Å². The average molecular weight is 334 g/mol. The second-order valence-corrected chi connectivity index (χ2v) is 6.70. The van der Waals surface area contributed by atoms with Crippen molar-refractivity contribution in [2.24, 2.45) is 0 Å². The van der Waals surface area contributed by atoms with E-state index in [2.05, 4.69) is 0 Å². The van der Waals surface area contributed by atoms with Gasteiger partial charge in [0.05, 0.1) is 7.11 Å². The van der Waals surface area contributed by atoms with Crippen molar-refractivity contribution in [1.82, 2.24) is 0 Å². The Morgan fingerprint density at radius 3 is 2.43 bits per heavy atom. The van der Waals surface area contributed by atoms with E-state index in [1.807, 2.05) is 0 Å². The third kappa shape index (κ3) is 3.62. The molecule has 0 bridgehead atoms. The minimum atomic E-state index is -4.47. The maximum atomic E-state index is 13.7. The molecule has 1 atom stereocenters. The molecular formula is C17H22F4O2. The summed E-state index contributed by atoms with van der Waals surface area (Å²) in [4.78, 5) is 0. The molecule has 1 saturated heterocycles. The summed E-state index contributed by atoms with van der Waals surface area (Å²) >= 11 is 0. The Labute approximate surface area is 133 Å². The average Bonchev–Trinajstić information content (AvgIpc) is 2.46. The number of rotatable bonds is 4. The zero-order valence-corrected chi connectivity index (χ0v) is 13.6. The van der Waals surface area contributed by atoms with Crippen LogP contribution in [0.4, 0.5) is 17.6 Å². The first-order chi connectivity index (χ1) is 10.6. The van der Waals surface area contributed by atoms with Crippen LogP contribution in [0.2, 0.25) is 0 Å². The Morgan fingerprint density at radius 1 is 1.22 bits per heavy atom. The smallest absolute Gasteiger partial charge is 0.417 e. The second-order valence-electron chi connectivity index (χ2n) is 6.70. The van der Waals surface area contributed by atoms with Gasteiger partial charge in [0.15, 0.2) is 5.60 Å². The van der Waals surface area contributed by atoms with Crippen LogP contribution in [0, 0.1) is 5.82 Å². The van der Waals surface area contributed by atoms with E-state index < -0.39 is 23.0 Å². The van der Waals surface area contributed by atoms with Gasteiger partial charge >= 0.3 is 6.18 Å². The van der Waals surface area contributed by atoms with Crippen molar-refractivity contribution in [3.63, 3.8) is 0 Å². The van der Waals surface area contributed by atoms with Crippen LogP contribution in [-0.2, 0) is 10.2 Å². The quantitative estimate of drug-likeness (QED) is 0.721. The van der Waals surface area contributed by atoms with E-state index in [1.54, 1.807) is 13.8 Å². The molecule has 1 fully saturated rings. The highest BCUT2D eigenvalue weighted by Crippen LogP contribution is 2.49. The van der Waals surface area contributed by atoms with Gasteiger partial charge in [0.1, 0.15) is 11.6 Å². The molecule has 1 aromatic carbocycles. The Kier molecular flexibility index (Phi) is 4.95. The van der Waals surface area contributed by atoms with Gasteiger partial charge in [-0.2, -0.15) is 13.2 Å². The first-order valence-corrected chi connectivity index (χ1v) is 7.66. The third-order valence-corrected chi connectivity index (χ3v) is 4.49. The van der Waals surface area contributed by atoms with E-state index >= 15 is 0 Å². The molecule has 0 aromatic heterocycles. The Hall–Kier alpha value is -1.30. The molecule has 23 heavy (non-hydrogen) atoms. The van der Waals surface area contributed by atoms with Gasteiger partial charge in [-0.05, 0) is 49.3 Å². The summed E-state index contributed by atoms with van der Waals surface area (Å²) in [5.41, 5.74) is -2.73. The second kappa shape index (κ2) is 6.30. The predicted molar refractivity (Wildman–Crippen MR) is 79.2 cm³/mol. The molecule has 0 spiro atoms. The minimum absolute atomic E-state index is 0.0719. The van der Waals surface area contributed by atoms with Crippen LogP contribution >= 0.6 is 0 Å². The van der Waals surface area contributed by atoms with Gasteiger partial charge in [-0.15, -0.1) is 0 Å². The van der Waals surface area contributed by atoms with Gasteiger partial charge in [-0.1, -0.05) is 13.8 Å². The normalized spacial score (nSPS) is 22.9. The number of halogens is 4. The lowest BCUT2D eigenvalue weighted by Crippen LogP contribution is -2.53. The molecule has 130 valence electrons. The van der Waals surface area contributed by atoms with E-state index in [-0.39, 0.29) is 19.4 Å². The summed E-state index contributed by atoms with van der Waals surface area (Å²) in [6, 6.07) is 3.91. The van der Waals surface area contributed by atoms with E-state index in [0.717, 1.165) is 0 Å². The summed E-state index contributed by atoms with van der Waals surface area (Å²) < 4.78 is 65.1. The topological polar surface area (TPSA) is 18.5 Å². The summed E-state index contributed by atoms with van der Waals surface area (Å²) in [5, 5.41) is 0. The van der Waals surface area contributed by atoms with Crippen molar-refractivity contribution < 1.29 is 27.0 Å². The van der Waals surface area contributed by atoms with Crippen LogP contribution < -0.4 is 4.74 Å². The fourth-order valence-corrected chi connectivity index (χ4v) is 3.33. The van der Waals surface area contributed by atoms with Crippen molar-refractivity contribution in [2.45, 2.75) is 56.7 Å². The van der Waals surface area contributed by atoms with Gasteiger partial charge in [-0.25, -0.2) is 4.39 Å². The number of alkyl halides is 3. The summed E-state index contributed by atoms with van der Waals surface area (Å²) in [5.74, 6) is -0.121. The van der Waals surface area contributed by atoms with Crippen LogP contribution in [0.3, 0.4) is 0 Å². The van der Waals surface area contributed by atoms with Gasteiger partial charge in [-0.3, -0.25) is 0 Å². The van der Waals surface area contributed by atoms with Crippen LogP contribution in [0.25, 0.3) is 0 Å². The lowest BCUT2D eigenvalue weighted by Gasteiger charge is -2.43. The summed E-state index contributed by atoms with van der Waals surface area (Å²) in [6.07, 6.45) is -3.72. The lowest BCUT2D eigenvalue weighted by atomic mass is 9.72. The molecular weight excluding hydrogens is 312 g/mol. The van der Waals surface area contributed by atoms with Crippen molar-refractivity contribution in [3.05, 3.63) is 29.6 Å². The lowest BCUT2D eigenvalue weighted by molar-refractivity contribution is -0.295. The molecule has 1 heterocycles. The number of hydrogen-bond acceptors (Lipinski definition) is 2. The minimum Gasteiger partial charge on any atom is -0.496 e. The summed E-state index contributed by atoms with van der Waals surface area (Å²) in [7, 11) is 1.42. The van der Waals surface area contributed by atoms with Crippen molar-refractivity contribution in [2.75, 3.05) is 13.7 Å². The van der Waals surface area contributed by atoms with Gasteiger partial charge in [0, 0.05) is 12.2 Å². The number of benzene rings is 1. The number of methoxy groups -OCH3 is 1. The molecule has 0 saturated carbocycles. The van der Waals surface area contributed by atoms with Crippen LogP contribution in [0.15, 0.2) is 18.2 Å². The standard InChI is InChI=1S/C17H22F4O2/c1-15(2,13-10-12(18)6-7-14(13)22-3)11-16(17(19,20)21)8-4-5-9-23-16/h6-7,10H,4-5,8-9,11H2,1-3H3. The number of ether oxygens (including phenoxy) is 2. The molecule has 2 nitrogen and oxygen atoms in total. The van der Waals surface area contributed by atoms with E-state index in [4.69, 9.17) is 9.47 Å². The monoisotopic (exact) mass is 334 g/mol. The maximum Gasteiger partial charge on any atom is 0.417 e. The molecule has 1 aliphatic rings. The zero-order valence-electron chi connectivity index (χ0n) is 13.6. The highest BCUT2D eigenvalue weighted by atomic mass is 19.4. The molecule has 1 aromatic rings. The zero-order chi connectivity index (χ0) is 17.3. The molecule has 0 aliphatic carbocycles. The van der Waals surface area contributed by atoms with Gasteiger partial charge < -0.3 is 9.47 Å². The van der Waals surface area contributed by atoms with Crippen molar-refractivity contribution in [1.29, 1.82) is 0 Å². The van der Waals surface area contributed by atoms with Gasteiger partial charge in [0.2, 0.25) is 0 Å². The molecule has 2 rings (SSSR count). The molecule has 1 unspecified atom stereocenters.